The van der Waals surface area contributed by atoms with Crippen molar-refractivity contribution >= 4 is 28.9 Å². The van der Waals surface area contributed by atoms with E-state index >= 15 is 0 Å². The predicted molar refractivity (Wildman–Crippen MR) is 111 cm³/mol. The first kappa shape index (κ1) is 17.7. The van der Waals surface area contributed by atoms with Crippen LogP contribution in [-0.2, 0) is 4.79 Å². The summed E-state index contributed by atoms with van der Waals surface area (Å²) in [5.74, 6) is 1.10. The molecule has 6 nitrogen and oxygen atoms in total. The third kappa shape index (κ3) is 2.80. The molecule has 5 rings (SSSR count). The van der Waals surface area contributed by atoms with E-state index in [4.69, 9.17) is 4.98 Å². The molecule has 2 aromatic rings. The van der Waals surface area contributed by atoms with E-state index in [1.165, 1.54) is 6.42 Å². The minimum absolute atomic E-state index is 0.138. The van der Waals surface area contributed by atoms with Crippen molar-refractivity contribution in [3.63, 3.8) is 0 Å². The molecule has 0 aromatic carbocycles. The molecule has 4 heterocycles. The summed E-state index contributed by atoms with van der Waals surface area (Å²) in [7, 11) is 0. The minimum atomic E-state index is -0.314. The van der Waals surface area contributed by atoms with E-state index in [9.17, 15) is 9.59 Å². The van der Waals surface area contributed by atoms with Crippen LogP contribution in [0.2, 0.25) is 0 Å². The van der Waals surface area contributed by atoms with E-state index in [1.54, 1.807) is 11.3 Å². The molecule has 3 aliphatic rings. The van der Waals surface area contributed by atoms with Gasteiger partial charge in [0.25, 0.3) is 5.56 Å². The number of hydrogen-bond acceptors (Lipinski definition) is 6. The molecule has 1 atom stereocenters. The quantitative estimate of drug-likeness (QED) is 0.809. The van der Waals surface area contributed by atoms with Gasteiger partial charge in [0.2, 0.25) is 5.95 Å². The predicted octanol–water partition coefficient (Wildman–Crippen LogP) is 3.69. The van der Waals surface area contributed by atoms with Gasteiger partial charge in [-0.05, 0) is 56.0 Å². The highest BCUT2D eigenvalue weighted by atomic mass is 32.1. The van der Waals surface area contributed by atoms with Crippen molar-refractivity contribution in [2.75, 3.05) is 23.3 Å². The molecule has 0 bridgehead atoms. The summed E-state index contributed by atoms with van der Waals surface area (Å²) in [6, 6.07) is 2.05. The fourth-order valence-corrected chi connectivity index (χ4v) is 5.69. The highest BCUT2D eigenvalue weighted by Gasteiger charge is 2.39. The van der Waals surface area contributed by atoms with Gasteiger partial charge in [-0.15, -0.1) is 11.3 Å². The lowest BCUT2D eigenvalue weighted by Crippen LogP contribution is -2.36. The minimum Gasteiger partial charge on any atom is -0.343 e. The molecule has 2 aliphatic heterocycles. The van der Waals surface area contributed by atoms with Crippen LogP contribution in [0.25, 0.3) is 0 Å². The fourth-order valence-electron chi connectivity index (χ4n) is 4.65. The number of carbonyl (C=O) groups excluding carboxylic acids is 1. The summed E-state index contributed by atoms with van der Waals surface area (Å²) in [6.07, 6.45) is 5.69. The normalized spacial score (nSPS) is 22.0. The zero-order chi connectivity index (χ0) is 19.3. The average molecular weight is 397 g/mol. The number of aryl methyl sites for hydroxylation is 1. The van der Waals surface area contributed by atoms with Crippen LogP contribution in [0.3, 0.4) is 0 Å². The molecule has 0 saturated carbocycles. The standard InChI is InChI=1S/C21H24N4O2S/c1-12-8-11-28-18(12)16-15-13(6-5-7-14(15)26)22-19-17(16)20(27)24-21(23-19)25-9-3-2-4-10-25/h8,11,16H,2-7,9-10H2,1H3,(H2,22,23,24,27)/t16-/m0/s1. The maximum absolute atomic E-state index is 13.2. The van der Waals surface area contributed by atoms with Crippen LogP contribution < -0.4 is 15.8 Å². The molecule has 1 saturated heterocycles. The lowest BCUT2D eigenvalue weighted by atomic mass is 9.78. The van der Waals surface area contributed by atoms with Gasteiger partial charge in [0.15, 0.2) is 5.78 Å². The molecule has 0 radical (unpaired) electrons. The molecular weight excluding hydrogens is 372 g/mol. The number of carbonyl (C=O) groups is 1. The maximum Gasteiger partial charge on any atom is 0.258 e. The van der Waals surface area contributed by atoms with E-state index in [1.807, 2.05) is 12.3 Å². The van der Waals surface area contributed by atoms with Gasteiger partial charge in [-0.2, -0.15) is 4.98 Å². The van der Waals surface area contributed by atoms with Gasteiger partial charge in [0.1, 0.15) is 5.82 Å². The van der Waals surface area contributed by atoms with Gasteiger partial charge in [-0.25, -0.2) is 0 Å². The number of thiophene rings is 1. The lowest BCUT2D eigenvalue weighted by molar-refractivity contribution is -0.116. The Morgan fingerprint density at radius 3 is 2.71 bits per heavy atom. The summed E-state index contributed by atoms with van der Waals surface area (Å²) < 4.78 is 0. The molecule has 2 aromatic heterocycles. The summed E-state index contributed by atoms with van der Waals surface area (Å²) >= 11 is 1.61. The Morgan fingerprint density at radius 1 is 1.14 bits per heavy atom. The smallest absolute Gasteiger partial charge is 0.258 e. The number of rotatable bonds is 2. The van der Waals surface area contributed by atoms with Gasteiger partial charge in [0, 0.05) is 35.7 Å². The zero-order valence-electron chi connectivity index (χ0n) is 16.0. The van der Waals surface area contributed by atoms with E-state index in [0.717, 1.165) is 60.5 Å². The highest BCUT2D eigenvalue weighted by molar-refractivity contribution is 7.10. The van der Waals surface area contributed by atoms with Crippen molar-refractivity contribution in [2.24, 2.45) is 0 Å². The van der Waals surface area contributed by atoms with Gasteiger partial charge in [0.05, 0.1) is 11.5 Å². The van der Waals surface area contributed by atoms with Crippen LogP contribution in [-0.4, -0.2) is 28.8 Å². The number of nitrogens with zero attached hydrogens (tertiary/aromatic N) is 2. The van der Waals surface area contributed by atoms with Gasteiger partial charge >= 0.3 is 0 Å². The molecular formula is C21H24N4O2S. The van der Waals surface area contributed by atoms with E-state index in [2.05, 4.69) is 21.3 Å². The first-order valence-corrected chi connectivity index (χ1v) is 11.0. The second kappa shape index (κ2) is 6.88. The second-order valence-electron chi connectivity index (χ2n) is 7.89. The number of Topliss-reactive ketones (excluding diaryl/α,β-unsaturated/α-hetero) is 1. The molecule has 7 heteroatoms. The first-order valence-electron chi connectivity index (χ1n) is 10.1. The zero-order valence-corrected chi connectivity index (χ0v) is 16.8. The van der Waals surface area contributed by atoms with E-state index in [-0.39, 0.29) is 17.3 Å². The Bertz CT molecular complexity index is 1030. The molecule has 0 spiro atoms. The highest BCUT2D eigenvalue weighted by Crippen LogP contribution is 2.45. The monoisotopic (exact) mass is 396 g/mol. The summed E-state index contributed by atoms with van der Waals surface area (Å²) in [5, 5.41) is 5.40. The van der Waals surface area contributed by atoms with Gasteiger partial charge in [-0.3, -0.25) is 14.6 Å². The third-order valence-electron chi connectivity index (χ3n) is 6.07. The number of nitrogens with one attached hydrogen (secondary N) is 2. The number of allylic oxidation sites excluding steroid dienone is 2. The van der Waals surface area contributed by atoms with Crippen LogP contribution in [0.4, 0.5) is 11.8 Å². The Hall–Kier alpha value is -2.41. The van der Waals surface area contributed by atoms with Crippen molar-refractivity contribution in [1.82, 2.24) is 9.97 Å². The SMILES string of the molecule is Cc1ccsc1[C@H]1C2=C(CCCC2=O)Nc2nc(N3CCCCC3)[nH]c(=O)c21. The van der Waals surface area contributed by atoms with Gasteiger partial charge < -0.3 is 10.2 Å². The molecule has 1 aliphatic carbocycles. The molecule has 0 amide bonds. The molecule has 28 heavy (non-hydrogen) atoms. The fraction of sp³-hybridized carbons (Fsp3) is 0.476. The Balaban J connectivity index is 1.68. The number of fused-ring (bicyclic) bond motifs is 1. The van der Waals surface area contributed by atoms with Crippen molar-refractivity contribution in [2.45, 2.75) is 51.4 Å². The van der Waals surface area contributed by atoms with Crippen LogP contribution in [0.15, 0.2) is 27.5 Å². The van der Waals surface area contributed by atoms with Crippen molar-refractivity contribution < 1.29 is 4.79 Å². The number of aromatic amines is 1. The Morgan fingerprint density at radius 2 is 1.96 bits per heavy atom. The molecule has 2 N–H and O–H groups in total. The van der Waals surface area contributed by atoms with E-state index in [0.29, 0.717) is 23.8 Å². The number of ketones is 1. The average Bonchev–Trinajstić information content (AvgIpc) is 3.13. The maximum atomic E-state index is 13.2. The Labute approximate surface area is 167 Å². The number of aromatic nitrogens is 2. The number of hydrogen-bond donors (Lipinski definition) is 2. The topological polar surface area (TPSA) is 78.1 Å². The van der Waals surface area contributed by atoms with E-state index < -0.39 is 0 Å². The summed E-state index contributed by atoms with van der Waals surface area (Å²) in [6.45, 7) is 3.88. The second-order valence-corrected chi connectivity index (χ2v) is 8.84. The summed E-state index contributed by atoms with van der Waals surface area (Å²) in [4.78, 5) is 37.2. The van der Waals surface area contributed by atoms with Gasteiger partial charge in [-0.1, -0.05) is 0 Å². The molecule has 146 valence electrons. The summed E-state index contributed by atoms with van der Waals surface area (Å²) in [5.41, 5.74) is 3.28. The first-order chi connectivity index (χ1) is 13.6. The number of piperidine rings is 1. The number of H-pyrrole nitrogens is 1. The van der Waals surface area contributed by atoms with Crippen molar-refractivity contribution in [1.29, 1.82) is 0 Å². The largest absolute Gasteiger partial charge is 0.343 e. The van der Waals surface area contributed by atoms with Crippen LogP contribution in [0.5, 0.6) is 0 Å². The van der Waals surface area contributed by atoms with Crippen LogP contribution in [0, 0.1) is 6.92 Å². The lowest BCUT2D eigenvalue weighted by Gasteiger charge is -2.34. The van der Waals surface area contributed by atoms with Crippen LogP contribution in [0.1, 0.15) is 60.4 Å². The molecule has 0 unspecified atom stereocenters. The third-order valence-corrected chi connectivity index (χ3v) is 7.15. The molecule has 1 fully saturated rings. The van der Waals surface area contributed by atoms with Crippen molar-refractivity contribution in [3.8, 4) is 0 Å². The van der Waals surface area contributed by atoms with Crippen LogP contribution >= 0.6 is 11.3 Å². The van der Waals surface area contributed by atoms with Crippen molar-refractivity contribution in [3.05, 3.63) is 49.1 Å². The Kier molecular flexibility index (Phi) is 4.34. The number of anilines is 2.